The molecular formula is C15H18O. The van der Waals surface area contributed by atoms with Gasteiger partial charge in [0.25, 0.3) is 0 Å². The van der Waals surface area contributed by atoms with Crippen molar-refractivity contribution in [2.24, 2.45) is 5.92 Å². The van der Waals surface area contributed by atoms with Crippen LogP contribution in [0, 0.1) is 17.8 Å². The molecule has 16 heavy (non-hydrogen) atoms. The Hall–Kier alpha value is -1.26. The molecule has 0 aromatic heterocycles. The molecule has 0 heterocycles. The van der Waals surface area contributed by atoms with E-state index in [1.807, 2.05) is 30.3 Å². The first-order valence-electron chi connectivity index (χ1n) is 6.11. The SMILES string of the molecule is OC(C#Cc1ccccc1)C1CCCCC1. The average Bonchev–Trinajstić information content (AvgIpc) is 2.38. The zero-order chi connectivity index (χ0) is 11.2. The van der Waals surface area contributed by atoms with E-state index < -0.39 is 6.10 Å². The maximum Gasteiger partial charge on any atom is 0.117 e. The van der Waals surface area contributed by atoms with Crippen molar-refractivity contribution in [3.8, 4) is 11.8 Å². The predicted molar refractivity (Wildman–Crippen MR) is 65.9 cm³/mol. The molecule has 1 heteroatoms. The van der Waals surface area contributed by atoms with Crippen molar-refractivity contribution in [1.82, 2.24) is 0 Å². The van der Waals surface area contributed by atoms with E-state index in [9.17, 15) is 5.11 Å². The molecule has 1 aliphatic carbocycles. The second-order valence-electron chi connectivity index (χ2n) is 4.48. The van der Waals surface area contributed by atoms with Crippen LogP contribution in [0.1, 0.15) is 37.7 Å². The molecule has 1 saturated carbocycles. The molecule has 0 bridgehead atoms. The molecule has 0 spiro atoms. The van der Waals surface area contributed by atoms with Crippen LogP contribution in [0.2, 0.25) is 0 Å². The van der Waals surface area contributed by atoms with Gasteiger partial charge in [0.2, 0.25) is 0 Å². The molecule has 0 saturated heterocycles. The predicted octanol–water partition coefficient (Wildman–Crippen LogP) is 2.98. The molecule has 1 nitrogen and oxygen atoms in total. The topological polar surface area (TPSA) is 20.2 Å². The molecule has 0 radical (unpaired) electrons. The van der Waals surface area contributed by atoms with E-state index in [2.05, 4.69) is 11.8 Å². The van der Waals surface area contributed by atoms with Gasteiger partial charge in [-0.25, -0.2) is 0 Å². The minimum Gasteiger partial charge on any atom is -0.380 e. The summed E-state index contributed by atoms with van der Waals surface area (Å²) in [6.07, 6.45) is 5.62. The average molecular weight is 214 g/mol. The lowest BCUT2D eigenvalue weighted by atomic mass is 9.85. The standard InChI is InChI=1S/C15H18O/c16-15(14-9-5-2-6-10-14)12-11-13-7-3-1-4-8-13/h1,3-4,7-8,14-16H,2,5-6,9-10H2. The molecule has 1 atom stereocenters. The fourth-order valence-electron chi connectivity index (χ4n) is 2.25. The second kappa shape index (κ2) is 5.72. The van der Waals surface area contributed by atoms with Gasteiger partial charge in [0.15, 0.2) is 0 Å². The van der Waals surface area contributed by atoms with Gasteiger partial charge in [0, 0.05) is 5.56 Å². The summed E-state index contributed by atoms with van der Waals surface area (Å²) < 4.78 is 0. The van der Waals surface area contributed by atoms with Crippen LogP contribution in [0.4, 0.5) is 0 Å². The number of rotatable bonds is 1. The fraction of sp³-hybridized carbons (Fsp3) is 0.467. The van der Waals surface area contributed by atoms with E-state index in [4.69, 9.17) is 0 Å². The van der Waals surface area contributed by atoms with Gasteiger partial charge >= 0.3 is 0 Å². The molecule has 1 aromatic carbocycles. The lowest BCUT2D eigenvalue weighted by Crippen LogP contribution is -2.21. The second-order valence-corrected chi connectivity index (χ2v) is 4.48. The zero-order valence-electron chi connectivity index (χ0n) is 9.52. The lowest BCUT2D eigenvalue weighted by molar-refractivity contribution is 0.133. The Kier molecular flexibility index (Phi) is 4.02. The summed E-state index contributed by atoms with van der Waals surface area (Å²) in [5.74, 6) is 6.41. The van der Waals surface area contributed by atoms with Crippen molar-refractivity contribution in [3.05, 3.63) is 35.9 Å². The van der Waals surface area contributed by atoms with Crippen molar-refractivity contribution in [2.75, 3.05) is 0 Å². The van der Waals surface area contributed by atoms with E-state index >= 15 is 0 Å². The summed E-state index contributed by atoms with van der Waals surface area (Å²) in [6, 6.07) is 9.86. The molecular weight excluding hydrogens is 196 g/mol. The van der Waals surface area contributed by atoms with Crippen LogP contribution in [0.15, 0.2) is 30.3 Å². The van der Waals surface area contributed by atoms with E-state index in [0.29, 0.717) is 5.92 Å². The van der Waals surface area contributed by atoms with Crippen LogP contribution in [0.5, 0.6) is 0 Å². The third-order valence-electron chi connectivity index (χ3n) is 3.23. The highest BCUT2D eigenvalue weighted by atomic mass is 16.3. The van der Waals surface area contributed by atoms with Gasteiger partial charge < -0.3 is 5.11 Å². The zero-order valence-corrected chi connectivity index (χ0v) is 9.52. The minimum absolute atomic E-state index is 0.393. The fourth-order valence-corrected chi connectivity index (χ4v) is 2.25. The smallest absolute Gasteiger partial charge is 0.117 e. The van der Waals surface area contributed by atoms with Crippen LogP contribution in [-0.4, -0.2) is 11.2 Å². The summed E-state index contributed by atoms with van der Waals surface area (Å²) in [6.45, 7) is 0. The first-order valence-corrected chi connectivity index (χ1v) is 6.11. The molecule has 1 aromatic rings. The van der Waals surface area contributed by atoms with E-state index in [-0.39, 0.29) is 0 Å². The first kappa shape index (κ1) is 11.2. The van der Waals surface area contributed by atoms with Gasteiger partial charge in [-0.15, -0.1) is 0 Å². The van der Waals surface area contributed by atoms with Crippen LogP contribution in [0.3, 0.4) is 0 Å². The van der Waals surface area contributed by atoms with Crippen molar-refractivity contribution >= 4 is 0 Å². The molecule has 0 aliphatic heterocycles. The Balaban J connectivity index is 1.96. The molecule has 2 rings (SSSR count). The van der Waals surface area contributed by atoms with Crippen LogP contribution in [-0.2, 0) is 0 Å². The normalized spacial score (nSPS) is 18.6. The first-order chi connectivity index (χ1) is 7.86. The van der Waals surface area contributed by atoms with E-state index in [1.165, 1.54) is 19.3 Å². The van der Waals surface area contributed by atoms with Crippen LogP contribution in [0.25, 0.3) is 0 Å². The summed E-state index contributed by atoms with van der Waals surface area (Å²) in [4.78, 5) is 0. The summed E-state index contributed by atoms with van der Waals surface area (Å²) in [7, 11) is 0. The highest BCUT2D eigenvalue weighted by Crippen LogP contribution is 2.26. The summed E-state index contributed by atoms with van der Waals surface area (Å²) in [5.41, 5.74) is 0.984. The van der Waals surface area contributed by atoms with Crippen molar-refractivity contribution in [1.29, 1.82) is 0 Å². The Morgan fingerprint density at radius 2 is 1.75 bits per heavy atom. The third kappa shape index (κ3) is 3.12. The Bertz CT molecular complexity index is 365. The van der Waals surface area contributed by atoms with Gasteiger partial charge in [0.1, 0.15) is 6.10 Å². The summed E-state index contributed by atoms with van der Waals surface area (Å²) in [5, 5.41) is 9.96. The molecule has 1 aliphatic rings. The molecule has 84 valence electrons. The van der Waals surface area contributed by atoms with Gasteiger partial charge in [-0.3, -0.25) is 0 Å². The number of hydrogen-bond acceptors (Lipinski definition) is 1. The van der Waals surface area contributed by atoms with E-state index in [0.717, 1.165) is 18.4 Å². The minimum atomic E-state index is -0.444. The number of aliphatic hydroxyl groups is 1. The van der Waals surface area contributed by atoms with Gasteiger partial charge in [-0.2, -0.15) is 0 Å². The van der Waals surface area contributed by atoms with E-state index in [1.54, 1.807) is 0 Å². The quantitative estimate of drug-likeness (QED) is 0.713. The highest BCUT2D eigenvalue weighted by molar-refractivity contribution is 5.34. The number of benzene rings is 1. The number of hydrogen-bond donors (Lipinski definition) is 1. The largest absolute Gasteiger partial charge is 0.380 e. The monoisotopic (exact) mass is 214 g/mol. The number of aliphatic hydroxyl groups excluding tert-OH is 1. The molecule has 0 amide bonds. The summed E-state index contributed by atoms with van der Waals surface area (Å²) >= 11 is 0. The van der Waals surface area contributed by atoms with Gasteiger partial charge in [-0.05, 0) is 30.9 Å². The Labute approximate surface area is 97.5 Å². The van der Waals surface area contributed by atoms with Crippen molar-refractivity contribution in [2.45, 2.75) is 38.2 Å². The maximum absolute atomic E-state index is 9.96. The third-order valence-corrected chi connectivity index (χ3v) is 3.23. The van der Waals surface area contributed by atoms with Gasteiger partial charge in [-0.1, -0.05) is 49.3 Å². The Morgan fingerprint density at radius 3 is 2.44 bits per heavy atom. The molecule has 1 fully saturated rings. The molecule has 1 N–H and O–H groups in total. The van der Waals surface area contributed by atoms with Gasteiger partial charge in [0.05, 0.1) is 0 Å². The van der Waals surface area contributed by atoms with Crippen molar-refractivity contribution < 1.29 is 5.11 Å². The van der Waals surface area contributed by atoms with Crippen LogP contribution < -0.4 is 0 Å². The molecule has 1 unspecified atom stereocenters. The Morgan fingerprint density at radius 1 is 1.06 bits per heavy atom. The van der Waals surface area contributed by atoms with Crippen LogP contribution >= 0.6 is 0 Å². The lowest BCUT2D eigenvalue weighted by Gasteiger charge is -2.23. The van der Waals surface area contributed by atoms with Crippen molar-refractivity contribution in [3.63, 3.8) is 0 Å². The maximum atomic E-state index is 9.96. The highest BCUT2D eigenvalue weighted by Gasteiger charge is 2.19.